The van der Waals surface area contributed by atoms with Gasteiger partial charge in [-0.3, -0.25) is 4.79 Å². The van der Waals surface area contributed by atoms with Crippen LogP contribution in [0.1, 0.15) is 43.4 Å². The van der Waals surface area contributed by atoms with Gasteiger partial charge in [-0.2, -0.15) is 9.78 Å². The monoisotopic (exact) mass is 565 g/mol. The van der Waals surface area contributed by atoms with Gasteiger partial charge in [0, 0.05) is 17.2 Å². The zero-order valence-corrected chi connectivity index (χ0v) is 24.2. The largest absolute Gasteiger partial charge is 0.496 e. The van der Waals surface area contributed by atoms with Crippen molar-refractivity contribution in [2.75, 3.05) is 13.7 Å². The lowest BCUT2D eigenvalue weighted by Gasteiger charge is -2.18. The van der Waals surface area contributed by atoms with E-state index in [0.29, 0.717) is 34.6 Å². The van der Waals surface area contributed by atoms with Crippen molar-refractivity contribution in [3.05, 3.63) is 112 Å². The Bertz CT molecular complexity index is 1830. The molecule has 0 radical (unpaired) electrons. The highest BCUT2D eigenvalue weighted by atomic mass is 19.1. The van der Waals surface area contributed by atoms with Crippen LogP contribution in [0.25, 0.3) is 22.3 Å². The number of benzene rings is 4. The molecule has 5 aromatic rings. The Morgan fingerprint density at radius 2 is 1.71 bits per heavy atom. The van der Waals surface area contributed by atoms with Gasteiger partial charge in [0.25, 0.3) is 5.56 Å². The van der Waals surface area contributed by atoms with E-state index in [0.717, 1.165) is 22.4 Å². The zero-order valence-electron chi connectivity index (χ0n) is 24.2. The van der Waals surface area contributed by atoms with E-state index in [-0.39, 0.29) is 23.0 Å². The summed E-state index contributed by atoms with van der Waals surface area (Å²) in [6.45, 7) is 8.62. The van der Waals surface area contributed by atoms with E-state index in [1.807, 2.05) is 38.1 Å². The standard InChI is InChI=1S/C34H32FN3O4/c1-6-41-31-16-22(4)27(18-26(31)21(2)3)33-37-29-15-11-10-14-25(29)34(39)38(33)36-20-23-17-32(28(35)19-30(23)40-5)42-24-12-8-7-9-13-24/h7-21H,6H2,1-5H3. The van der Waals surface area contributed by atoms with Gasteiger partial charge in [0.15, 0.2) is 17.4 Å². The van der Waals surface area contributed by atoms with Crippen LogP contribution in [0.5, 0.6) is 23.0 Å². The molecule has 0 amide bonds. The Balaban J connectivity index is 1.69. The number of methoxy groups -OCH3 is 1. The molecule has 0 bridgehead atoms. The molecule has 1 heterocycles. The van der Waals surface area contributed by atoms with Gasteiger partial charge < -0.3 is 14.2 Å². The van der Waals surface area contributed by atoms with Crippen LogP contribution >= 0.6 is 0 Å². The molecule has 0 fully saturated rings. The van der Waals surface area contributed by atoms with Crippen LogP contribution < -0.4 is 19.8 Å². The van der Waals surface area contributed by atoms with Gasteiger partial charge in [0.05, 0.1) is 30.8 Å². The molecule has 0 aliphatic rings. The Morgan fingerprint density at radius 1 is 0.976 bits per heavy atom. The second-order valence-electron chi connectivity index (χ2n) is 10.0. The normalized spacial score (nSPS) is 11.4. The molecule has 0 spiro atoms. The van der Waals surface area contributed by atoms with E-state index in [4.69, 9.17) is 19.2 Å². The third-order valence-electron chi connectivity index (χ3n) is 6.84. The Hall–Kier alpha value is -4.98. The predicted molar refractivity (Wildman–Crippen MR) is 164 cm³/mol. The molecule has 214 valence electrons. The van der Waals surface area contributed by atoms with Crippen LogP contribution in [-0.4, -0.2) is 29.6 Å². The highest BCUT2D eigenvalue weighted by Gasteiger charge is 2.19. The number of nitrogens with zero attached hydrogens (tertiary/aromatic N) is 3. The lowest BCUT2D eigenvalue weighted by atomic mass is 9.96. The molecule has 0 N–H and O–H groups in total. The Labute approximate surface area is 243 Å². The number of rotatable bonds is 9. The first-order chi connectivity index (χ1) is 20.3. The summed E-state index contributed by atoms with van der Waals surface area (Å²) in [5.74, 6) is 1.46. The summed E-state index contributed by atoms with van der Waals surface area (Å²) in [7, 11) is 1.44. The summed E-state index contributed by atoms with van der Waals surface area (Å²) in [6, 6.07) is 22.8. The van der Waals surface area contributed by atoms with Crippen LogP contribution in [0, 0.1) is 12.7 Å². The molecule has 4 aromatic carbocycles. The third-order valence-corrected chi connectivity index (χ3v) is 6.84. The molecule has 1 aromatic heterocycles. The van der Waals surface area contributed by atoms with Gasteiger partial charge in [-0.15, -0.1) is 0 Å². The van der Waals surface area contributed by atoms with Crippen molar-refractivity contribution in [3.8, 4) is 34.4 Å². The van der Waals surface area contributed by atoms with Crippen molar-refractivity contribution in [1.29, 1.82) is 0 Å². The van der Waals surface area contributed by atoms with Gasteiger partial charge >= 0.3 is 0 Å². The molecular weight excluding hydrogens is 533 g/mol. The first-order valence-electron chi connectivity index (χ1n) is 13.7. The minimum absolute atomic E-state index is 0.00316. The van der Waals surface area contributed by atoms with E-state index in [1.54, 1.807) is 42.5 Å². The molecule has 0 atom stereocenters. The lowest BCUT2D eigenvalue weighted by Crippen LogP contribution is -2.21. The molecule has 7 nitrogen and oxygen atoms in total. The van der Waals surface area contributed by atoms with Crippen LogP contribution in [0.2, 0.25) is 0 Å². The number of fused-ring (bicyclic) bond motifs is 1. The fourth-order valence-corrected chi connectivity index (χ4v) is 4.72. The summed E-state index contributed by atoms with van der Waals surface area (Å²) >= 11 is 0. The number of para-hydroxylation sites is 2. The zero-order chi connectivity index (χ0) is 29.8. The Kier molecular flexibility index (Phi) is 8.33. The number of halogens is 1. The van der Waals surface area contributed by atoms with Crippen molar-refractivity contribution in [2.24, 2.45) is 5.10 Å². The van der Waals surface area contributed by atoms with Crippen molar-refractivity contribution < 1.29 is 18.6 Å². The summed E-state index contributed by atoms with van der Waals surface area (Å²) in [4.78, 5) is 18.7. The second kappa shape index (κ2) is 12.3. The Morgan fingerprint density at radius 3 is 2.43 bits per heavy atom. The maximum atomic E-state index is 14.9. The fourth-order valence-electron chi connectivity index (χ4n) is 4.72. The number of aryl methyl sites for hydroxylation is 1. The molecule has 42 heavy (non-hydrogen) atoms. The van der Waals surface area contributed by atoms with Crippen LogP contribution in [-0.2, 0) is 0 Å². The maximum Gasteiger partial charge on any atom is 0.282 e. The van der Waals surface area contributed by atoms with E-state index >= 15 is 0 Å². The first kappa shape index (κ1) is 28.5. The van der Waals surface area contributed by atoms with E-state index < -0.39 is 5.82 Å². The highest BCUT2D eigenvalue weighted by molar-refractivity contribution is 5.85. The summed E-state index contributed by atoms with van der Waals surface area (Å²) in [5.41, 5.74) is 3.27. The average molecular weight is 566 g/mol. The SMILES string of the molecule is CCOc1cc(C)c(-c2nc3ccccc3c(=O)n2N=Cc2cc(Oc3ccccc3)c(F)cc2OC)cc1C(C)C. The van der Waals surface area contributed by atoms with Gasteiger partial charge in [0.2, 0.25) is 0 Å². The summed E-state index contributed by atoms with van der Waals surface area (Å²) < 4.78 is 33.3. The minimum Gasteiger partial charge on any atom is -0.496 e. The second-order valence-corrected chi connectivity index (χ2v) is 10.0. The van der Waals surface area contributed by atoms with Crippen molar-refractivity contribution in [3.63, 3.8) is 0 Å². The summed E-state index contributed by atoms with van der Waals surface area (Å²) in [6.07, 6.45) is 1.45. The molecule has 0 unspecified atom stereocenters. The van der Waals surface area contributed by atoms with E-state index in [9.17, 15) is 9.18 Å². The smallest absolute Gasteiger partial charge is 0.282 e. The number of hydrogen-bond acceptors (Lipinski definition) is 6. The highest BCUT2D eigenvalue weighted by Crippen LogP contribution is 2.35. The number of hydrogen-bond donors (Lipinski definition) is 0. The topological polar surface area (TPSA) is 74.9 Å². The van der Waals surface area contributed by atoms with Gasteiger partial charge in [-0.05, 0) is 73.4 Å². The van der Waals surface area contributed by atoms with Gasteiger partial charge in [-0.25, -0.2) is 9.37 Å². The minimum atomic E-state index is -0.593. The molecule has 0 saturated heterocycles. The quantitative estimate of drug-likeness (QED) is 0.171. The molecule has 0 aliphatic carbocycles. The molecular formula is C34H32FN3O4. The van der Waals surface area contributed by atoms with E-state index in [1.165, 1.54) is 30.1 Å². The molecule has 8 heteroatoms. The summed E-state index contributed by atoms with van der Waals surface area (Å²) in [5, 5.41) is 5.01. The van der Waals surface area contributed by atoms with Crippen molar-refractivity contribution >= 4 is 17.1 Å². The van der Waals surface area contributed by atoms with Gasteiger partial charge in [-0.1, -0.05) is 44.2 Å². The molecule has 5 rings (SSSR count). The lowest BCUT2D eigenvalue weighted by molar-refractivity contribution is 0.335. The first-order valence-corrected chi connectivity index (χ1v) is 13.7. The van der Waals surface area contributed by atoms with Gasteiger partial charge in [0.1, 0.15) is 17.2 Å². The molecule has 0 saturated carbocycles. The fraction of sp³-hybridized carbons (Fsp3) is 0.206. The third kappa shape index (κ3) is 5.74. The van der Waals surface area contributed by atoms with Crippen LogP contribution in [0.15, 0.2) is 88.8 Å². The molecule has 0 aliphatic heterocycles. The number of aromatic nitrogens is 2. The van der Waals surface area contributed by atoms with Crippen LogP contribution in [0.4, 0.5) is 4.39 Å². The predicted octanol–water partition coefficient (Wildman–Crippen LogP) is 7.72. The average Bonchev–Trinajstić information content (AvgIpc) is 2.98. The maximum absolute atomic E-state index is 14.9. The van der Waals surface area contributed by atoms with Crippen LogP contribution in [0.3, 0.4) is 0 Å². The number of ether oxygens (including phenoxy) is 3. The van der Waals surface area contributed by atoms with E-state index in [2.05, 4.69) is 18.9 Å². The van der Waals surface area contributed by atoms with Crippen molar-refractivity contribution in [2.45, 2.75) is 33.6 Å². The van der Waals surface area contributed by atoms with Crippen molar-refractivity contribution in [1.82, 2.24) is 9.66 Å².